The monoisotopic (exact) mass is 354 g/mol. The number of rotatable bonds is 4. The van der Waals surface area contributed by atoms with Crippen molar-refractivity contribution in [2.24, 2.45) is 0 Å². The molecule has 3 rings (SSSR count). The number of carbonyl (C=O) groups excluding carboxylic acids is 2. The summed E-state index contributed by atoms with van der Waals surface area (Å²) < 4.78 is 5.49. The number of aryl methyl sites for hydroxylation is 2. The maximum absolute atomic E-state index is 12.3. The van der Waals surface area contributed by atoms with Crippen LogP contribution in [0.5, 0.6) is 0 Å². The minimum absolute atomic E-state index is 0.141. The number of benzene rings is 2. The minimum Gasteiger partial charge on any atom is -0.469 e. The number of carbonyl (C=O) groups is 2. The van der Waals surface area contributed by atoms with Crippen molar-refractivity contribution in [1.82, 2.24) is 4.90 Å². The molecule has 0 saturated carbocycles. The zero-order chi connectivity index (χ0) is 18.0. The molecule has 0 aromatic heterocycles. The largest absolute Gasteiger partial charge is 0.469 e. The Morgan fingerprint density at radius 1 is 1.00 bits per heavy atom. The summed E-state index contributed by atoms with van der Waals surface area (Å²) in [7, 11) is 0. The van der Waals surface area contributed by atoms with Gasteiger partial charge in [0.15, 0.2) is 0 Å². The maximum Gasteiger partial charge on any atom is 0.261 e. The molecule has 25 heavy (non-hydrogen) atoms. The normalized spacial score (nSPS) is 13.0. The quantitative estimate of drug-likeness (QED) is 0.674. The van der Waals surface area contributed by atoms with Crippen LogP contribution >= 0.6 is 12.2 Å². The van der Waals surface area contributed by atoms with E-state index in [1.807, 2.05) is 32.0 Å². The van der Waals surface area contributed by atoms with Crippen LogP contribution in [0.4, 0.5) is 5.69 Å². The number of fused-ring (bicyclic) bond motifs is 1. The van der Waals surface area contributed by atoms with E-state index in [2.05, 4.69) is 5.32 Å². The van der Waals surface area contributed by atoms with Crippen molar-refractivity contribution >= 4 is 34.9 Å². The van der Waals surface area contributed by atoms with Gasteiger partial charge in [-0.1, -0.05) is 30.3 Å². The van der Waals surface area contributed by atoms with E-state index in [-0.39, 0.29) is 30.1 Å². The summed E-state index contributed by atoms with van der Waals surface area (Å²) >= 11 is 5.20. The lowest BCUT2D eigenvalue weighted by atomic mass is 10.1. The van der Waals surface area contributed by atoms with Crippen molar-refractivity contribution < 1.29 is 14.3 Å². The third kappa shape index (κ3) is 3.39. The fourth-order valence-corrected chi connectivity index (χ4v) is 3.01. The van der Waals surface area contributed by atoms with Gasteiger partial charge in [-0.05, 0) is 49.3 Å². The number of hydrogen-bond donors (Lipinski definition) is 1. The molecule has 0 saturated heterocycles. The molecule has 0 bridgehead atoms. The second-order valence-corrected chi connectivity index (χ2v) is 6.21. The third-order valence-electron chi connectivity index (χ3n) is 4.13. The number of thiocarbonyl (C=S) groups is 1. The van der Waals surface area contributed by atoms with E-state index in [4.69, 9.17) is 17.0 Å². The van der Waals surface area contributed by atoms with Gasteiger partial charge < -0.3 is 10.1 Å². The molecule has 0 atom stereocenters. The highest BCUT2D eigenvalue weighted by Crippen LogP contribution is 2.22. The highest BCUT2D eigenvalue weighted by Gasteiger charge is 2.34. The zero-order valence-electron chi connectivity index (χ0n) is 14.0. The van der Waals surface area contributed by atoms with E-state index in [9.17, 15) is 9.59 Å². The number of nitrogens with one attached hydrogen (secondary N) is 1. The number of nitrogens with zero attached hydrogens (tertiary/aromatic N) is 1. The van der Waals surface area contributed by atoms with E-state index in [1.165, 1.54) is 4.90 Å². The molecule has 5 nitrogen and oxygen atoms in total. The van der Waals surface area contributed by atoms with Crippen molar-refractivity contribution in [1.29, 1.82) is 0 Å². The van der Waals surface area contributed by atoms with Gasteiger partial charge in [-0.2, -0.15) is 0 Å². The van der Waals surface area contributed by atoms with Crippen LogP contribution in [0, 0.1) is 13.8 Å². The molecule has 1 N–H and O–H groups in total. The second kappa shape index (κ2) is 7.03. The molecule has 2 aromatic carbocycles. The molecule has 2 amide bonds. The van der Waals surface area contributed by atoms with E-state index in [1.54, 1.807) is 24.3 Å². The Bertz CT molecular complexity index is 808. The van der Waals surface area contributed by atoms with Gasteiger partial charge >= 0.3 is 0 Å². The van der Waals surface area contributed by atoms with Crippen LogP contribution in [-0.2, 0) is 4.74 Å². The first-order chi connectivity index (χ1) is 12.0. The summed E-state index contributed by atoms with van der Waals surface area (Å²) in [6.45, 7) is 4.26. The summed E-state index contributed by atoms with van der Waals surface area (Å²) in [5.41, 5.74) is 3.90. The van der Waals surface area contributed by atoms with Crippen molar-refractivity contribution in [2.75, 3.05) is 18.5 Å². The minimum atomic E-state index is -0.294. The van der Waals surface area contributed by atoms with Gasteiger partial charge in [0.05, 0.1) is 17.7 Å². The Hall–Kier alpha value is -2.73. The van der Waals surface area contributed by atoms with Gasteiger partial charge in [-0.15, -0.1) is 0 Å². The van der Waals surface area contributed by atoms with Gasteiger partial charge in [0.25, 0.3) is 17.0 Å². The first kappa shape index (κ1) is 17.1. The van der Waals surface area contributed by atoms with Crippen LogP contribution in [0.3, 0.4) is 0 Å². The SMILES string of the molecule is Cc1cccc(C)c1NC(=S)OCCN1C(=O)c2ccccc2C1=O. The number of anilines is 1. The summed E-state index contributed by atoms with van der Waals surface area (Å²) in [5.74, 6) is -0.587. The summed E-state index contributed by atoms with van der Waals surface area (Å²) in [4.78, 5) is 25.7. The number of imide groups is 1. The summed E-state index contributed by atoms with van der Waals surface area (Å²) in [6, 6.07) is 12.7. The van der Waals surface area contributed by atoms with Crippen LogP contribution in [-0.4, -0.2) is 35.0 Å². The Kier molecular flexibility index (Phi) is 4.81. The van der Waals surface area contributed by atoms with E-state index < -0.39 is 0 Å². The molecule has 1 heterocycles. The van der Waals surface area contributed by atoms with Crippen LogP contribution in [0.1, 0.15) is 31.8 Å². The van der Waals surface area contributed by atoms with Crippen molar-refractivity contribution in [3.63, 3.8) is 0 Å². The van der Waals surface area contributed by atoms with Crippen LogP contribution in [0.15, 0.2) is 42.5 Å². The smallest absolute Gasteiger partial charge is 0.261 e. The zero-order valence-corrected chi connectivity index (χ0v) is 14.9. The summed E-state index contributed by atoms with van der Waals surface area (Å²) in [6.07, 6.45) is 0. The molecule has 0 spiro atoms. The summed E-state index contributed by atoms with van der Waals surface area (Å²) in [5, 5.41) is 3.28. The first-order valence-electron chi connectivity index (χ1n) is 7.94. The van der Waals surface area contributed by atoms with Crippen LogP contribution < -0.4 is 5.32 Å². The number of amides is 2. The molecule has 6 heteroatoms. The van der Waals surface area contributed by atoms with E-state index in [0.717, 1.165) is 16.8 Å². The predicted octanol–water partition coefficient (Wildman–Crippen LogP) is 3.31. The maximum atomic E-state index is 12.3. The lowest BCUT2D eigenvalue weighted by Gasteiger charge is -2.16. The fourth-order valence-electron chi connectivity index (χ4n) is 2.82. The van der Waals surface area contributed by atoms with Crippen molar-refractivity contribution in [2.45, 2.75) is 13.8 Å². The van der Waals surface area contributed by atoms with Gasteiger partial charge in [0.2, 0.25) is 0 Å². The first-order valence-corrected chi connectivity index (χ1v) is 8.35. The van der Waals surface area contributed by atoms with E-state index >= 15 is 0 Å². The molecule has 0 aliphatic carbocycles. The van der Waals surface area contributed by atoms with Crippen molar-refractivity contribution in [3.8, 4) is 0 Å². The Labute approximate surface area is 151 Å². The molecule has 1 aliphatic heterocycles. The highest BCUT2D eigenvalue weighted by molar-refractivity contribution is 7.80. The highest BCUT2D eigenvalue weighted by atomic mass is 32.1. The molecular formula is C19H18N2O3S. The van der Waals surface area contributed by atoms with Crippen molar-refractivity contribution in [3.05, 3.63) is 64.7 Å². The molecule has 128 valence electrons. The van der Waals surface area contributed by atoms with Gasteiger partial charge in [0, 0.05) is 5.69 Å². The molecule has 1 aliphatic rings. The lowest BCUT2D eigenvalue weighted by Crippen LogP contribution is -2.34. The molecule has 2 aromatic rings. The fraction of sp³-hybridized carbons (Fsp3) is 0.211. The topological polar surface area (TPSA) is 58.6 Å². The number of hydrogen-bond acceptors (Lipinski definition) is 4. The Morgan fingerprint density at radius 3 is 2.12 bits per heavy atom. The van der Waals surface area contributed by atoms with Crippen LogP contribution in [0.25, 0.3) is 0 Å². The lowest BCUT2D eigenvalue weighted by molar-refractivity contribution is 0.0629. The molecular weight excluding hydrogens is 336 g/mol. The molecule has 0 unspecified atom stereocenters. The average molecular weight is 354 g/mol. The van der Waals surface area contributed by atoms with Gasteiger partial charge in [0.1, 0.15) is 6.61 Å². The average Bonchev–Trinajstić information content (AvgIpc) is 2.84. The molecule has 0 radical (unpaired) electrons. The van der Waals surface area contributed by atoms with E-state index in [0.29, 0.717) is 11.1 Å². The second-order valence-electron chi connectivity index (χ2n) is 5.84. The third-order valence-corrected chi connectivity index (χ3v) is 4.35. The van der Waals surface area contributed by atoms with Crippen LogP contribution in [0.2, 0.25) is 0 Å². The van der Waals surface area contributed by atoms with Gasteiger partial charge in [-0.25, -0.2) is 0 Å². The standard InChI is InChI=1S/C19H18N2O3S/c1-12-6-5-7-13(2)16(12)20-19(25)24-11-10-21-17(22)14-8-3-4-9-15(14)18(21)23/h3-9H,10-11H2,1-2H3,(H,20,25). The molecule has 0 fully saturated rings. The van der Waals surface area contributed by atoms with Gasteiger partial charge in [-0.3, -0.25) is 14.5 Å². The number of para-hydroxylation sites is 1. The Morgan fingerprint density at radius 2 is 1.56 bits per heavy atom. The number of ether oxygens (including phenoxy) is 1. The predicted molar refractivity (Wildman–Crippen MR) is 99.9 cm³/mol. The Balaban J connectivity index is 1.56.